The van der Waals surface area contributed by atoms with E-state index in [1.165, 1.54) is 11.3 Å². The second kappa shape index (κ2) is 6.99. The lowest BCUT2D eigenvalue weighted by Crippen LogP contribution is -2.54. The molecule has 1 fully saturated rings. The van der Waals surface area contributed by atoms with Gasteiger partial charge in [0.2, 0.25) is 5.91 Å². The van der Waals surface area contributed by atoms with Crippen LogP contribution >= 0.6 is 11.3 Å². The molecule has 0 aliphatic carbocycles. The van der Waals surface area contributed by atoms with E-state index in [0.29, 0.717) is 24.6 Å². The predicted molar refractivity (Wildman–Crippen MR) is 102 cm³/mol. The van der Waals surface area contributed by atoms with E-state index in [0.717, 1.165) is 11.0 Å². The quantitative estimate of drug-likeness (QED) is 0.738. The number of hydrogen-bond donors (Lipinski definition) is 1. The molecule has 1 aliphatic rings. The lowest BCUT2D eigenvalue weighted by Gasteiger charge is -2.40. The summed E-state index contributed by atoms with van der Waals surface area (Å²) < 4.78 is 1.86. The summed E-state index contributed by atoms with van der Waals surface area (Å²) in [6.45, 7) is 3.94. The van der Waals surface area contributed by atoms with E-state index >= 15 is 0 Å². The molecule has 4 heterocycles. The Balaban J connectivity index is 1.46. The van der Waals surface area contributed by atoms with Crippen molar-refractivity contribution in [3.8, 4) is 0 Å². The van der Waals surface area contributed by atoms with Crippen LogP contribution in [0.1, 0.15) is 17.4 Å². The molecule has 27 heavy (non-hydrogen) atoms. The first kappa shape index (κ1) is 17.5. The van der Waals surface area contributed by atoms with Crippen molar-refractivity contribution in [2.75, 3.05) is 24.5 Å². The van der Waals surface area contributed by atoms with Gasteiger partial charge in [-0.05, 0) is 25.1 Å². The third-order valence-electron chi connectivity index (χ3n) is 4.81. The number of piperazine rings is 1. The molecule has 0 saturated carbocycles. The van der Waals surface area contributed by atoms with Crippen LogP contribution in [0.3, 0.4) is 0 Å². The number of rotatable bonds is 4. The number of aromatic carboxylic acids is 1. The van der Waals surface area contributed by atoms with E-state index in [1.807, 2.05) is 45.7 Å². The molecule has 1 amide bonds. The van der Waals surface area contributed by atoms with Crippen LogP contribution in [-0.4, -0.2) is 62.1 Å². The van der Waals surface area contributed by atoms with Gasteiger partial charge in [0.1, 0.15) is 17.2 Å². The fraction of sp³-hybridized carbons (Fsp3) is 0.333. The number of nitrogens with zero attached hydrogens (tertiary/aromatic N) is 5. The van der Waals surface area contributed by atoms with E-state index in [2.05, 4.69) is 9.97 Å². The lowest BCUT2D eigenvalue weighted by atomic mass is 10.2. The van der Waals surface area contributed by atoms with E-state index in [4.69, 9.17) is 0 Å². The number of thiazole rings is 1. The highest BCUT2D eigenvalue weighted by Crippen LogP contribution is 2.28. The Morgan fingerprint density at radius 3 is 2.93 bits per heavy atom. The van der Waals surface area contributed by atoms with Gasteiger partial charge in [0.25, 0.3) is 0 Å². The van der Waals surface area contributed by atoms with Gasteiger partial charge in [0.15, 0.2) is 5.69 Å². The Morgan fingerprint density at radius 1 is 1.30 bits per heavy atom. The third kappa shape index (κ3) is 3.25. The number of anilines is 1. The third-order valence-corrected chi connectivity index (χ3v) is 5.70. The first-order chi connectivity index (χ1) is 13.0. The Kier molecular flexibility index (Phi) is 4.53. The molecule has 4 rings (SSSR count). The van der Waals surface area contributed by atoms with E-state index in [-0.39, 0.29) is 24.2 Å². The Labute approximate surface area is 159 Å². The average Bonchev–Trinajstić information content (AvgIpc) is 3.29. The molecule has 0 unspecified atom stereocenters. The van der Waals surface area contributed by atoms with Crippen molar-refractivity contribution in [2.45, 2.75) is 19.5 Å². The molecular formula is C18H19N5O3S. The zero-order chi connectivity index (χ0) is 19.0. The largest absolute Gasteiger partial charge is 0.476 e. The van der Waals surface area contributed by atoms with E-state index < -0.39 is 5.97 Å². The van der Waals surface area contributed by atoms with Gasteiger partial charge < -0.3 is 19.5 Å². The first-order valence-electron chi connectivity index (χ1n) is 8.65. The smallest absolute Gasteiger partial charge is 0.357 e. The number of hydrogen-bond acceptors (Lipinski definition) is 6. The van der Waals surface area contributed by atoms with Gasteiger partial charge in [0.05, 0.1) is 5.51 Å². The number of amides is 1. The van der Waals surface area contributed by atoms with Gasteiger partial charge in [-0.3, -0.25) is 4.79 Å². The Morgan fingerprint density at radius 2 is 2.15 bits per heavy atom. The lowest BCUT2D eigenvalue weighted by molar-refractivity contribution is -0.134. The number of aromatic nitrogens is 3. The predicted octanol–water partition coefficient (Wildman–Crippen LogP) is 1.93. The molecule has 9 heteroatoms. The highest BCUT2D eigenvalue weighted by molar-refractivity contribution is 7.14. The Hall–Kier alpha value is -2.94. The van der Waals surface area contributed by atoms with Crippen molar-refractivity contribution in [3.05, 3.63) is 41.8 Å². The van der Waals surface area contributed by atoms with Gasteiger partial charge in [-0.2, -0.15) is 0 Å². The highest BCUT2D eigenvalue weighted by Gasteiger charge is 2.30. The molecule has 1 aliphatic heterocycles. The van der Waals surface area contributed by atoms with Crippen molar-refractivity contribution in [1.29, 1.82) is 0 Å². The molecule has 0 bridgehead atoms. The average molecular weight is 385 g/mol. The molecular weight excluding hydrogens is 366 g/mol. The first-order valence-corrected chi connectivity index (χ1v) is 9.53. The Bertz CT molecular complexity index is 998. The van der Waals surface area contributed by atoms with Crippen LogP contribution in [0.15, 0.2) is 36.1 Å². The van der Waals surface area contributed by atoms with Gasteiger partial charge in [-0.15, -0.1) is 11.3 Å². The monoisotopic (exact) mass is 385 g/mol. The normalized spacial score (nSPS) is 17.4. The molecule has 0 radical (unpaired) electrons. The summed E-state index contributed by atoms with van der Waals surface area (Å²) in [6, 6.07) is 5.78. The number of pyridine rings is 1. The molecule has 0 aromatic carbocycles. The van der Waals surface area contributed by atoms with Gasteiger partial charge in [-0.1, -0.05) is 0 Å². The van der Waals surface area contributed by atoms with E-state index in [1.54, 1.807) is 11.7 Å². The van der Waals surface area contributed by atoms with Crippen molar-refractivity contribution in [1.82, 2.24) is 19.4 Å². The summed E-state index contributed by atoms with van der Waals surface area (Å²) >= 11 is 1.32. The second-order valence-corrected chi connectivity index (χ2v) is 7.39. The zero-order valence-corrected chi connectivity index (χ0v) is 15.6. The maximum atomic E-state index is 12.8. The topological polar surface area (TPSA) is 91.6 Å². The van der Waals surface area contributed by atoms with Crippen molar-refractivity contribution in [2.24, 2.45) is 0 Å². The maximum Gasteiger partial charge on any atom is 0.357 e. The van der Waals surface area contributed by atoms with Crippen LogP contribution < -0.4 is 4.90 Å². The number of carboxylic acids is 1. The minimum Gasteiger partial charge on any atom is -0.476 e. The minimum absolute atomic E-state index is 0.0234. The summed E-state index contributed by atoms with van der Waals surface area (Å²) in [6.07, 6.45) is 3.60. The molecule has 1 saturated heterocycles. The molecule has 3 aromatic rings. The summed E-state index contributed by atoms with van der Waals surface area (Å²) in [5.74, 6) is -0.988. The standard InChI is InChI=1S/C18H19N5O3S/c1-12-9-22(17-15(18(25)26)20-11-27-17)7-8-23(12)14(24)10-21-6-4-13-3-2-5-19-16(13)21/h2-6,11-12H,7-10H2,1H3,(H,25,26)/t12-/m1/s1. The number of carbonyl (C=O) groups excluding carboxylic acids is 1. The van der Waals surface area contributed by atoms with Crippen LogP contribution in [0, 0.1) is 0 Å². The number of carbonyl (C=O) groups is 2. The van der Waals surface area contributed by atoms with Crippen molar-refractivity contribution in [3.63, 3.8) is 0 Å². The maximum absolute atomic E-state index is 12.8. The van der Waals surface area contributed by atoms with Crippen molar-refractivity contribution >= 4 is 39.2 Å². The van der Waals surface area contributed by atoms with Gasteiger partial charge in [0, 0.05) is 43.5 Å². The molecule has 1 N–H and O–H groups in total. The zero-order valence-electron chi connectivity index (χ0n) is 14.8. The fourth-order valence-electron chi connectivity index (χ4n) is 3.51. The van der Waals surface area contributed by atoms with Crippen LogP contribution in [0.4, 0.5) is 5.00 Å². The van der Waals surface area contributed by atoms with Crippen LogP contribution in [0.2, 0.25) is 0 Å². The minimum atomic E-state index is -1.02. The molecule has 0 spiro atoms. The van der Waals surface area contributed by atoms with Crippen LogP contribution in [0.25, 0.3) is 11.0 Å². The molecule has 140 valence electrons. The summed E-state index contributed by atoms with van der Waals surface area (Å²) in [5, 5.41) is 10.9. The molecule has 8 nitrogen and oxygen atoms in total. The van der Waals surface area contributed by atoms with Gasteiger partial charge >= 0.3 is 5.97 Å². The summed E-state index contributed by atoms with van der Waals surface area (Å²) in [5.41, 5.74) is 2.43. The van der Waals surface area contributed by atoms with Gasteiger partial charge in [-0.25, -0.2) is 14.8 Å². The summed E-state index contributed by atoms with van der Waals surface area (Å²) in [4.78, 5) is 36.3. The van der Waals surface area contributed by atoms with Crippen molar-refractivity contribution < 1.29 is 14.7 Å². The molecule has 1 atom stereocenters. The second-order valence-electron chi connectivity index (χ2n) is 6.55. The van der Waals surface area contributed by atoms with Crippen LogP contribution in [-0.2, 0) is 11.3 Å². The fourth-order valence-corrected chi connectivity index (χ4v) is 4.33. The molecule has 3 aromatic heterocycles. The summed E-state index contributed by atoms with van der Waals surface area (Å²) in [7, 11) is 0. The highest BCUT2D eigenvalue weighted by atomic mass is 32.1. The van der Waals surface area contributed by atoms with Crippen LogP contribution in [0.5, 0.6) is 0 Å². The SMILES string of the molecule is C[C@@H]1CN(c2scnc2C(=O)O)CCN1C(=O)Cn1ccc2cccnc21. The number of fused-ring (bicyclic) bond motifs is 1. The number of carboxylic acid groups (broad SMARTS) is 1. The van der Waals surface area contributed by atoms with E-state index in [9.17, 15) is 14.7 Å².